The molecule has 1 fully saturated rings. The van der Waals surface area contributed by atoms with E-state index in [4.69, 9.17) is 14.0 Å². The van der Waals surface area contributed by atoms with Crippen LogP contribution in [0, 0.1) is 5.41 Å². The van der Waals surface area contributed by atoms with Gasteiger partial charge < -0.3 is 14.0 Å². The first kappa shape index (κ1) is 24.5. The summed E-state index contributed by atoms with van der Waals surface area (Å²) in [7, 11) is -0.389. The van der Waals surface area contributed by atoms with Gasteiger partial charge in [0.2, 0.25) is 0 Å². The summed E-state index contributed by atoms with van der Waals surface area (Å²) in [4.78, 5) is 15.6. The average molecular weight is 468 g/mol. The Kier molecular flexibility index (Phi) is 6.58. The summed E-state index contributed by atoms with van der Waals surface area (Å²) >= 11 is 1.76. The molecule has 0 amide bonds. The minimum absolute atomic E-state index is 0.177. The molecule has 33 heavy (non-hydrogen) atoms. The molecule has 1 aromatic carbocycles. The number of ether oxygens (including phenoxy) is 1. The molecule has 4 rings (SSSR count). The summed E-state index contributed by atoms with van der Waals surface area (Å²) in [6, 6.07) is 8.30. The van der Waals surface area contributed by atoms with Crippen LogP contribution in [0.2, 0.25) is 0 Å². The van der Waals surface area contributed by atoms with Crippen molar-refractivity contribution in [1.82, 2.24) is 0 Å². The molecule has 0 atom stereocenters. The molecule has 1 saturated heterocycles. The van der Waals surface area contributed by atoms with Crippen LogP contribution in [0.25, 0.3) is 10.4 Å². The molecular formula is C27H37BO4S. The lowest BCUT2D eigenvalue weighted by Gasteiger charge is -2.32. The summed E-state index contributed by atoms with van der Waals surface area (Å²) in [5.74, 6) is -0.177. The molecule has 0 unspecified atom stereocenters. The first-order chi connectivity index (χ1) is 15.4. The van der Waals surface area contributed by atoms with E-state index in [9.17, 15) is 4.79 Å². The van der Waals surface area contributed by atoms with Crippen molar-refractivity contribution in [3.8, 4) is 10.4 Å². The van der Waals surface area contributed by atoms with Crippen molar-refractivity contribution in [2.75, 3.05) is 6.61 Å². The van der Waals surface area contributed by atoms with Crippen molar-refractivity contribution in [3.05, 3.63) is 40.3 Å². The number of hydrogen-bond acceptors (Lipinski definition) is 5. The van der Waals surface area contributed by atoms with Crippen molar-refractivity contribution in [1.29, 1.82) is 0 Å². The Morgan fingerprint density at radius 3 is 2.30 bits per heavy atom. The van der Waals surface area contributed by atoms with Crippen molar-refractivity contribution >= 4 is 29.9 Å². The van der Waals surface area contributed by atoms with Crippen LogP contribution in [0.5, 0.6) is 0 Å². The number of esters is 1. The number of unbranched alkanes of at least 4 members (excludes halogenated alkanes) is 1. The molecule has 0 N–H and O–H groups in total. The van der Waals surface area contributed by atoms with Crippen LogP contribution in [-0.4, -0.2) is 30.9 Å². The van der Waals surface area contributed by atoms with Crippen molar-refractivity contribution < 1.29 is 18.8 Å². The Morgan fingerprint density at radius 2 is 1.70 bits per heavy atom. The fraction of sp³-hybridized carbons (Fsp3) is 0.593. The molecule has 2 aromatic rings. The molecule has 6 heteroatoms. The maximum absolute atomic E-state index is 13.2. The van der Waals surface area contributed by atoms with Crippen molar-refractivity contribution in [2.24, 2.45) is 5.41 Å². The molecule has 1 aliphatic carbocycles. The minimum Gasteiger partial charge on any atom is -0.462 e. The predicted octanol–water partition coefficient (Wildman–Crippen LogP) is 6.19. The molecule has 0 bridgehead atoms. The van der Waals surface area contributed by atoms with Gasteiger partial charge in [-0.25, -0.2) is 4.79 Å². The van der Waals surface area contributed by atoms with Crippen LogP contribution in [0.15, 0.2) is 24.3 Å². The number of benzene rings is 1. The average Bonchev–Trinajstić information content (AvgIpc) is 3.20. The highest BCUT2D eigenvalue weighted by atomic mass is 32.1. The van der Waals surface area contributed by atoms with Crippen molar-refractivity contribution in [3.63, 3.8) is 0 Å². The fourth-order valence-electron chi connectivity index (χ4n) is 4.49. The highest BCUT2D eigenvalue weighted by Crippen LogP contribution is 2.45. The van der Waals surface area contributed by atoms with Gasteiger partial charge in [-0.3, -0.25) is 0 Å². The second-order valence-corrected chi connectivity index (χ2v) is 12.4. The lowest BCUT2D eigenvalue weighted by atomic mass is 9.75. The van der Waals surface area contributed by atoms with E-state index < -0.39 is 0 Å². The summed E-state index contributed by atoms with van der Waals surface area (Å²) < 4.78 is 18.1. The lowest BCUT2D eigenvalue weighted by Crippen LogP contribution is -2.41. The molecular weight excluding hydrogens is 431 g/mol. The van der Waals surface area contributed by atoms with E-state index in [1.54, 1.807) is 11.3 Å². The van der Waals surface area contributed by atoms with Gasteiger partial charge in [-0.05, 0) is 75.4 Å². The number of carbonyl (C=O) groups is 1. The lowest BCUT2D eigenvalue weighted by molar-refractivity contribution is 0.00578. The van der Waals surface area contributed by atoms with Gasteiger partial charge in [-0.2, -0.15) is 0 Å². The largest absolute Gasteiger partial charge is 0.494 e. The van der Waals surface area contributed by atoms with Gasteiger partial charge in [0.25, 0.3) is 0 Å². The van der Waals surface area contributed by atoms with E-state index in [1.807, 2.05) is 0 Å². The Hall–Kier alpha value is -1.63. The highest BCUT2D eigenvalue weighted by Gasteiger charge is 2.51. The quantitative estimate of drug-likeness (QED) is 0.288. The Balaban J connectivity index is 1.66. The fourth-order valence-corrected chi connectivity index (χ4v) is 5.80. The van der Waals surface area contributed by atoms with E-state index in [1.165, 1.54) is 10.4 Å². The topological polar surface area (TPSA) is 44.8 Å². The zero-order valence-electron chi connectivity index (χ0n) is 21.2. The first-order valence-corrected chi connectivity index (χ1v) is 13.0. The van der Waals surface area contributed by atoms with Crippen molar-refractivity contribution in [2.45, 2.75) is 91.8 Å². The monoisotopic (exact) mass is 468 g/mol. The van der Waals surface area contributed by atoms with Crippen LogP contribution in [0.3, 0.4) is 0 Å². The number of fused-ring (bicyclic) bond motifs is 1. The van der Waals surface area contributed by atoms with Gasteiger partial charge in [-0.1, -0.05) is 51.5 Å². The molecule has 0 saturated carbocycles. The van der Waals surface area contributed by atoms with Crippen LogP contribution < -0.4 is 5.46 Å². The summed E-state index contributed by atoms with van der Waals surface area (Å²) in [6.45, 7) is 15.4. The SMILES string of the molecule is CCCCOC(=O)c1c(-c2ccc(B3OC(C)(C)C(C)(C)O3)cc2)sc2c1CC(C)(C)CC2. The van der Waals surface area contributed by atoms with Crippen LogP contribution in [0.4, 0.5) is 0 Å². The van der Waals surface area contributed by atoms with E-state index in [2.05, 4.69) is 72.7 Å². The van der Waals surface area contributed by atoms with E-state index in [0.717, 1.165) is 53.6 Å². The molecule has 1 aliphatic heterocycles. The third-order valence-electron chi connectivity index (χ3n) is 7.41. The molecule has 2 aliphatic rings. The molecule has 4 nitrogen and oxygen atoms in total. The van der Waals surface area contributed by atoms with Crippen LogP contribution in [-0.2, 0) is 26.9 Å². The zero-order chi connectivity index (χ0) is 24.0. The second kappa shape index (κ2) is 8.86. The standard InChI is InChI=1S/C27H37BO4S/c1-8-9-16-30-24(29)22-20-17-25(2,3)15-14-21(20)33-23(22)18-10-12-19(13-11-18)28-31-26(4,5)27(6,7)32-28/h10-13H,8-9,14-17H2,1-7H3. The Labute approximate surface area is 203 Å². The number of rotatable bonds is 6. The zero-order valence-corrected chi connectivity index (χ0v) is 22.0. The summed E-state index contributed by atoms with van der Waals surface area (Å²) in [6.07, 6.45) is 4.99. The van der Waals surface area contributed by atoms with Crippen LogP contribution >= 0.6 is 11.3 Å². The Morgan fingerprint density at radius 1 is 1.06 bits per heavy atom. The third kappa shape index (κ3) is 4.80. The maximum atomic E-state index is 13.2. The molecule has 1 aromatic heterocycles. The molecule has 0 spiro atoms. The van der Waals surface area contributed by atoms with Gasteiger partial charge >= 0.3 is 13.1 Å². The highest BCUT2D eigenvalue weighted by molar-refractivity contribution is 7.16. The summed E-state index contributed by atoms with van der Waals surface area (Å²) in [5, 5.41) is 0. The smallest absolute Gasteiger partial charge is 0.462 e. The van der Waals surface area contributed by atoms with Crippen LogP contribution in [0.1, 0.15) is 88.5 Å². The second-order valence-electron chi connectivity index (χ2n) is 11.2. The first-order valence-electron chi connectivity index (χ1n) is 12.2. The third-order valence-corrected chi connectivity index (χ3v) is 8.75. The Bertz CT molecular complexity index is 1000. The predicted molar refractivity (Wildman–Crippen MR) is 136 cm³/mol. The minimum atomic E-state index is -0.389. The van der Waals surface area contributed by atoms with Gasteiger partial charge in [0.1, 0.15) is 0 Å². The number of aryl methyl sites for hydroxylation is 1. The normalized spacial score (nSPS) is 20.5. The molecule has 2 heterocycles. The maximum Gasteiger partial charge on any atom is 0.494 e. The van der Waals surface area contributed by atoms with Gasteiger partial charge in [0, 0.05) is 9.75 Å². The van der Waals surface area contributed by atoms with Gasteiger partial charge in [0.15, 0.2) is 0 Å². The van der Waals surface area contributed by atoms with Gasteiger partial charge in [-0.15, -0.1) is 11.3 Å². The number of thiophene rings is 1. The van der Waals surface area contributed by atoms with E-state index in [0.29, 0.717) is 6.61 Å². The number of carbonyl (C=O) groups excluding carboxylic acids is 1. The number of hydrogen-bond donors (Lipinski definition) is 0. The van der Waals surface area contributed by atoms with Gasteiger partial charge in [0.05, 0.1) is 23.4 Å². The molecule has 0 radical (unpaired) electrons. The van der Waals surface area contributed by atoms with E-state index >= 15 is 0 Å². The summed E-state index contributed by atoms with van der Waals surface area (Å²) in [5.41, 5.74) is 3.48. The molecule has 178 valence electrons. The van der Waals surface area contributed by atoms with E-state index in [-0.39, 0.29) is 29.7 Å².